The predicted molar refractivity (Wildman–Crippen MR) is 185 cm³/mol. The molecule has 0 saturated carbocycles. The summed E-state index contributed by atoms with van der Waals surface area (Å²) in [6, 6.07) is 29.7. The normalized spacial score (nSPS) is 20.2. The molecule has 0 bridgehead atoms. The van der Waals surface area contributed by atoms with E-state index in [1.54, 1.807) is 37.5 Å². The maximum atomic E-state index is 13.3. The number of aliphatic hydroxyl groups excluding tert-OH is 1. The second kappa shape index (κ2) is 16.3. The number of benzene rings is 3. The van der Waals surface area contributed by atoms with Crippen molar-refractivity contribution in [1.82, 2.24) is 0 Å². The van der Waals surface area contributed by atoms with Crippen molar-refractivity contribution in [3.8, 4) is 0 Å². The highest BCUT2D eigenvalue weighted by molar-refractivity contribution is 6.99. The lowest BCUT2D eigenvalue weighted by molar-refractivity contribution is -0.153. The Kier molecular flexibility index (Phi) is 12.7. The van der Waals surface area contributed by atoms with E-state index in [1.807, 2.05) is 45.0 Å². The zero-order valence-corrected chi connectivity index (χ0v) is 29.6. The van der Waals surface area contributed by atoms with E-state index in [2.05, 4.69) is 69.3 Å². The fraction of sp³-hybridized carbons (Fsp3) is 0.447. The second-order valence-corrected chi connectivity index (χ2v) is 17.5. The van der Waals surface area contributed by atoms with Gasteiger partial charge in [0.2, 0.25) is 0 Å². The van der Waals surface area contributed by atoms with Gasteiger partial charge in [-0.15, -0.1) is 0 Å². The van der Waals surface area contributed by atoms with E-state index < -0.39 is 50.6 Å². The number of aliphatic hydroxyl groups is 1. The first-order chi connectivity index (χ1) is 22.4. The van der Waals surface area contributed by atoms with Crippen molar-refractivity contribution < 1.29 is 38.0 Å². The third-order valence-electron chi connectivity index (χ3n) is 8.32. The summed E-state index contributed by atoms with van der Waals surface area (Å²) in [6.07, 6.45) is 0.911. The Morgan fingerprint density at radius 2 is 1.47 bits per heavy atom. The average molecular weight is 663 g/mol. The second-order valence-electron chi connectivity index (χ2n) is 13.3. The van der Waals surface area contributed by atoms with Crippen LogP contribution in [0.2, 0.25) is 5.04 Å². The number of carbonyl (C=O) groups excluding carboxylic acids is 1. The van der Waals surface area contributed by atoms with Gasteiger partial charge in [-0.25, -0.2) is 4.79 Å². The molecule has 1 fully saturated rings. The molecule has 1 saturated heterocycles. The van der Waals surface area contributed by atoms with Gasteiger partial charge in [0.05, 0.1) is 17.8 Å². The standard InChI is InChI=1S/C38H50O8Si/c1-28(46-47(37(2,3)4,30-19-13-9-14-20-30)31-21-15-10-16-22-31)32(42-27-41-7)23-24-33(43-36(40)29-17-11-8-12-18-29)35-34(25-26-39)44-38(5,6)45-35/h8-24,28,32-35,39H,25-27H2,1-7H3/t28-,32+,33?,34-,35+/m0/s1. The monoisotopic (exact) mass is 662 g/mol. The first-order valence-electron chi connectivity index (χ1n) is 16.2. The summed E-state index contributed by atoms with van der Waals surface area (Å²) in [5, 5.41) is 11.9. The summed E-state index contributed by atoms with van der Waals surface area (Å²) in [5.41, 5.74) is 0.415. The zero-order chi connectivity index (χ0) is 34.1. The summed E-state index contributed by atoms with van der Waals surface area (Å²) in [4.78, 5) is 13.3. The summed E-state index contributed by atoms with van der Waals surface area (Å²) < 4.78 is 37.4. The number of rotatable bonds is 15. The summed E-state index contributed by atoms with van der Waals surface area (Å²) >= 11 is 0. The largest absolute Gasteiger partial charge is 0.452 e. The fourth-order valence-electron chi connectivity index (χ4n) is 6.22. The van der Waals surface area contributed by atoms with E-state index in [-0.39, 0.29) is 18.4 Å². The Hall–Kier alpha value is -3.15. The lowest BCUT2D eigenvalue weighted by atomic mass is 10.0. The Morgan fingerprint density at radius 3 is 1.98 bits per heavy atom. The SMILES string of the molecule is COCO[C@H](C=CC(OC(=O)c1ccccc1)[C@H]1OC(C)(C)O[C@H]1CCO)[C@H](C)O[Si](c1ccccc1)(c1ccccc1)C(C)(C)C. The quantitative estimate of drug-likeness (QED) is 0.0970. The van der Waals surface area contributed by atoms with Crippen LogP contribution in [0.1, 0.15) is 58.3 Å². The van der Waals surface area contributed by atoms with Crippen LogP contribution < -0.4 is 10.4 Å². The summed E-state index contributed by atoms with van der Waals surface area (Å²) in [7, 11) is -1.35. The number of hydrogen-bond donors (Lipinski definition) is 1. The maximum Gasteiger partial charge on any atom is 0.338 e. The van der Waals surface area contributed by atoms with Crippen LogP contribution >= 0.6 is 0 Å². The molecule has 0 aliphatic carbocycles. The molecule has 9 heteroatoms. The number of carbonyl (C=O) groups is 1. The molecule has 3 aromatic carbocycles. The number of esters is 1. The van der Waals surface area contributed by atoms with E-state index in [0.29, 0.717) is 12.0 Å². The van der Waals surface area contributed by atoms with E-state index in [0.717, 1.165) is 10.4 Å². The Morgan fingerprint density at radius 1 is 0.915 bits per heavy atom. The van der Waals surface area contributed by atoms with Gasteiger partial charge < -0.3 is 33.2 Å². The fourth-order valence-corrected chi connectivity index (χ4v) is 10.9. The van der Waals surface area contributed by atoms with Gasteiger partial charge in [0.1, 0.15) is 25.1 Å². The van der Waals surface area contributed by atoms with Crippen molar-refractivity contribution in [3.05, 3.63) is 109 Å². The molecule has 1 N–H and O–H groups in total. The molecule has 8 nitrogen and oxygen atoms in total. The summed E-state index contributed by atoms with van der Waals surface area (Å²) in [6.45, 7) is 12.2. The third kappa shape index (κ3) is 9.06. The Balaban J connectivity index is 1.73. The van der Waals surface area contributed by atoms with E-state index in [9.17, 15) is 9.90 Å². The molecule has 47 heavy (non-hydrogen) atoms. The molecule has 0 radical (unpaired) electrons. The first kappa shape index (κ1) is 36.7. The topological polar surface area (TPSA) is 92.7 Å². The van der Waals surface area contributed by atoms with Gasteiger partial charge in [-0.05, 0) is 60.8 Å². The minimum absolute atomic E-state index is 0.0289. The van der Waals surface area contributed by atoms with Gasteiger partial charge in [-0.2, -0.15) is 0 Å². The molecule has 1 unspecified atom stereocenters. The van der Waals surface area contributed by atoms with Crippen LogP contribution in [0.4, 0.5) is 0 Å². The number of hydrogen-bond acceptors (Lipinski definition) is 8. The van der Waals surface area contributed by atoms with Crippen LogP contribution in [-0.2, 0) is 28.1 Å². The highest BCUT2D eigenvalue weighted by Gasteiger charge is 2.52. The van der Waals surface area contributed by atoms with Crippen molar-refractivity contribution >= 4 is 24.7 Å². The van der Waals surface area contributed by atoms with Crippen molar-refractivity contribution in [2.75, 3.05) is 20.5 Å². The highest BCUT2D eigenvalue weighted by Crippen LogP contribution is 2.38. The maximum absolute atomic E-state index is 13.3. The molecular formula is C38H50O8Si. The molecule has 1 aliphatic heterocycles. The van der Waals surface area contributed by atoms with Crippen molar-refractivity contribution in [1.29, 1.82) is 0 Å². The van der Waals surface area contributed by atoms with Gasteiger partial charge in [0.25, 0.3) is 8.32 Å². The average Bonchev–Trinajstić information content (AvgIpc) is 3.37. The van der Waals surface area contributed by atoms with Gasteiger partial charge in [0, 0.05) is 13.7 Å². The first-order valence-corrected chi connectivity index (χ1v) is 18.1. The lowest BCUT2D eigenvalue weighted by Crippen LogP contribution is -2.68. The molecule has 0 aromatic heterocycles. The smallest absolute Gasteiger partial charge is 0.338 e. The molecule has 1 aliphatic rings. The predicted octanol–water partition coefficient (Wildman–Crippen LogP) is 5.62. The van der Waals surface area contributed by atoms with Crippen LogP contribution in [0.25, 0.3) is 0 Å². The van der Waals surface area contributed by atoms with Crippen LogP contribution in [0, 0.1) is 0 Å². The minimum atomic E-state index is -2.92. The van der Waals surface area contributed by atoms with Crippen molar-refractivity contribution in [2.24, 2.45) is 0 Å². The van der Waals surface area contributed by atoms with Crippen molar-refractivity contribution in [2.45, 2.75) is 89.3 Å². The van der Waals surface area contributed by atoms with E-state index in [1.165, 1.54) is 0 Å². The molecule has 5 atom stereocenters. The van der Waals surface area contributed by atoms with E-state index in [4.69, 9.17) is 28.1 Å². The van der Waals surface area contributed by atoms with Gasteiger partial charge >= 0.3 is 5.97 Å². The Bertz CT molecular complexity index is 1370. The zero-order valence-electron chi connectivity index (χ0n) is 28.6. The molecule has 1 heterocycles. The number of ether oxygens (including phenoxy) is 5. The van der Waals surface area contributed by atoms with Crippen LogP contribution in [0.3, 0.4) is 0 Å². The summed E-state index contributed by atoms with van der Waals surface area (Å²) in [5.74, 6) is -1.43. The lowest BCUT2D eigenvalue weighted by Gasteiger charge is -2.45. The molecule has 0 amide bonds. The van der Waals surface area contributed by atoms with Crippen LogP contribution in [-0.4, -0.2) is 76.2 Å². The minimum Gasteiger partial charge on any atom is -0.452 e. The Labute approximate surface area is 280 Å². The van der Waals surface area contributed by atoms with Crippen LogP contribution in [0.15, 0.2) is 103 Å². The molecule has 0 spiro atoms. The van der Waals surface area contributed by atoms with Gasteiger partial charge in [-0.1, -0.05) is 106 Å². The number of methoxy groups -OCH3 is 1. The molecular weight excluding hydrogens is 612 g/mol. The van der Waals surface area contributed by atoms with E-state index >= 15 is 0 Å². The van der Waals surface area contributed by atoms with Gasteiger partial charge in [-0.3, -0.25) is 0 Å². The van der Waals surface area contributed by atoms with Crippen molar-refractivity contribution in [3.63, 3.8) is 0 Å². The third-order valence-corrected chi connectivity index (χ3v) is 13.5. The van der Waals surface area contributed by atoms with Crippen LogP contribution in [0.5, 0.6) is 0 Å². The highest BCUT2D eigenvalue weighted by atomic mass is 28.4. The molecule has 3 aromatic rings. The van der Waals surface area contributed by atoms with Gasteiger partial charge in [0.15, 0.2) is 5.79 Å². The molecule has 4 rings (SSSR count). The molecule has 254 valence electrons.